The van der Waals surface area contributed by atoms with E-state index in [4.69, 9.17) is 0 Å². The number of hydrogen-bond donors (Lipinski definition) is 1. The second kappa shape index (κ2) is 8.79. The van der Waals surface area contributed by atoms with E-state index in [0.717, 1.165) is 33.5 Å². The predicted octanol–water partition coefficient (Wildman–Crippen LogP) is 7.40. The molecule has 4 rings (SSSR count). The maximum Gasteiger partial charge on any atom is 0.255 e. The first kappa shape index (κ1) is 19.7. The van der Waals surface area contributed by atoms with Gasteiger partial charge in [-0.3, -0.25) is 4.79 Å². The highest BCUT2D eigenvalue weighted by Crippen LogP contribution is 2.39. The van der Waals surface area contributed by atoms with Gasteiger partial charge >= 0.3 is 0 Å². The van der Waals surface area contributed by atoms with Gasteiger partial charge in [-0.15, -0.1) is 0 Å². The van der Waals surface area contributed by atoms with Crippen molar-refractivity contribution in [2.24, 2.45) is 0 Å². The second-order valence-corrected chi connectivity index (χ2v) is 7.69. The number of benzene rings is 4. The van der Waals surface area contributed by atoms with Gasteiger partial charge in [-0.05, 0) is 52.4 Å². The number of hydrogen-bond acceptors (Lipinski definition) is 1. The lowest BCUT2D eigenvalue weighted by Gasteiger charge is -2.21. The van der Waals surface area contributed by atoms with E-state index in [0.29, 0.717) is 5.56 Å². The molecule has 2 heteroatoms. The molecule has 0 atom stereocenters. The molecule has 0 saturated carbocycles. The zero-order valence-electron chi connectivity index (χ0n) is 17.3. The van der Waals surface area contributed by atoms with Gasteiger partial charge < -0.3 is 5.32 Å². The smallest absolute Gasteiger partial charge is 0.255 e. The largest absolute Gasteiger partial charge is 0.321 e. The molecule has 1 N–H and O–H groups in total. The van der Waals surface area contributed by atoms with Crippen LogP contribution in [0.3, 0.4) is 0 Å². The lowest BCUT2D eigenvalue weighted by atomic mass is 9.89. The molecule has 0 aliphatic heterocycles. The van der Waals surface area contributed by atoms with Gasteiger partial charge in [0.05, 0.1) is 5.69 Å². The van der Waals surface area contributed by atoms with Crippen LogP contribution in [0.25, 0.3) is 22.3 Å². The highest BCUT2D eigenvalue weighted by molar-refractivity contribution is 6.07. The Morgan fingerprint density at radius 1 is 0.667 bits per heavy atom. The Morgan fingerprint density at radius 2 is 1.20 bits per heavy atom. The average molecular weight is 392 g/mol. The molecule has 0 fully saturated rings. The Morgan fingerprint density at radius 3 is 1.77 bits per heavy atom. The lowest BCUT2D eigenvalue weighted by Crippen LogP contribution is -2.14. The molecule has 4 aromatic carbocycles. The van der Waals surface area contributed by atoms with Crippen molar-refractivity contribution in [1.82, 2.24) is 0 Å². The lowest BCUT2D eigenvalue weighted by molar-refractivity contribution is 0.102. The summed E-state index contributed by atoms with van der Waals surface area (Å²) < 4.78 is 0. The minimum atomic E-state index is -0.0952. The van der Waals surface area contributed by atoms with Crippen molar-refractivity contribution in [2.75, 3.05) is 5.32 Å². The fraction of sp³-hybridized carbons (Fsp3) is 0.107. The summed E-state index contributed by atoms with van der Waals surface area (Å²) in [5, 5.41) is 3.22. The molecule has 4 aromatic rings. The Hall–Kier alpha value is -3.65. The summed E-state index contributed by atoms with van der Waals surface area (Å²) in [5.41, 5.74) is 7.08. The number of carbonyl (C=O) groups is 1. The van der Waals surface area contributed by atoms with Crippen molar-refractivity contribution < 1.29 is 4.79 Å². The monoisotopic (exact) mass is 391 g/mol. The first-order valence-electron chi connectivity index (χ1n) is 10.3. The van der Waals surface area contributed by atoms with Gasteiger partial charge in [-0.1, -0.05) is 92.7 Å². The Bertz CT molecular complexity index is 1130. The topological polar surface area (TPSA) is 29.1 Å². The second-order valence-electron chi connectivity index (χ2n) is 7.69. The summed E-state index contributed by atoms with van der Waals surface area (Å²) in [7, 11) is 0. The van der Waals surface area contributed by atoms with Crippen LogP contribution in [-0.4, -0.2) is 5.91 Å². The van der Waals surface area contributed by atoms with Gasteiger partial charge in [0.15, 0.2) is 0 Å². The van der Waals surface area contributed by atoms with Crippen molar-refractivity contribution in [1.29, 1.82) is 0 Å². The van der Waals surface area contributed by atoms with Crippen LogP contribution in [0.5, 0.6) is 0 Å². The summed E-state index contributed by atoms with van der Waals surface area (Å²) in [6.07, 6.45) is 0. The van der Waals surface area contributed by atoms with Gasteiger partial charge in [0.1, 0.15) is 0 Å². The molecule has 0 heterocycles. The molecular formula is C28H25NO. The van der Waals surface area contributed by atoms with Crippen molar-refractivity contribution in [3.63, 3.8) is 0 Å². The van der Waals surface area contributed by atoms with Gasteiger partial charge in [0.2, 0.25) is 0 Å². The number of rotatable bonds is 5. The molecule has 148 valence electrons. The zero-order valence-corrected chi connectivity index (χ0v) is 17.3. The first-order valence-corrected chi connectivity index (χ1v) is 10.3. The van der Waals surface area contributed by atoms with E-state index in [-0.39, 0.29) is 11.8 Å². The van der Waals surface area contributed by atoms with Crippen molar-refractivity contribution in [3.05, 3.63) is 114 Å². The van der Waals surface area contributed by atoms with E-state index >= 15 is 0 Å². The van der Waals surface area contributed by atoms with Crippen LogP contribution in [0.4, 0.5) is 5.69 Å². The standard InChI is InChI=1S/C28H25NO/c1-20(2)25-18-24(21-12-6-3-7-13-21)19-26(22-14-8-4-9-15-22)27(25)29-28(30)23-16-10-5-11-17-23/h3-20H,1-2H3,(H,29,30). The first-order chi connectivity index (χ1) is 14.6. The van der Waals surface area contributed by atoms with Crippen LogP contribution >= 0.6 is 0 Å². The molecule has 30 heavy (non-hydrogen) atoms. The normalized spacial score (nSPS) is 10.8. The number of amides is 1. The van der Waals surface area contributed by atoms with E-state index in [9.17, 15) is 4.79 Å². The predicted molar refractivity (Wildman–Crippen MR) is 126 cm³/mol. The fourth-order valence-corrected chi connectivity index (χ4v) is 3.68. The van der Waals surface area contributed by atoms with Crippen LogP contribution in [-0.2, 0) is 0 Å². The van der Waals surface area contributed by atoms with Gasteiger partial charge in [0.25, 0.3) is 5.91 Å². The zero-order chi connectivity index (χ0) is 20.9. The molecule has 0 spiro atoms. The third-order valence-corrected chi connectivity index (χ3v) is 5.26. The van der Waals surface area contributed by atoms with Crippen LogP contribution in [0.1, 0.15) is 35.7 Å². The van der Waals surface area contributed by atoms with Crippen molar-refractivity contribution in [3.8, 4) is 22.3 Å². The summed E-state index contributed by atoms with van der Waals surface area (Å²) in [5.74, 6) is 0.157. The van der Waals surface area contributed by atoms with Crippen molar-refractivity contribution >= 4 is 11.6 Å². The Labute approximate surface area is 178 Å². The minimum Gasteiger partial charge on any atom is -0.321 e. The van der Waals surface area contributed by atoms with Crippen LogP contribution in [0.2, 0.25) is 0 Å². The van der Waals surface area contributed by atoms with Crippen LogP contribution in [0, 0.1) is 0 Å². The molecule has 0 radical (unpaired) electrons. The van der Waals surface area contributed by atoms with Gasteiger partial charge in [-0.25, -0.2) is 0 Å². The fourth-order valence-electron chi connectivity index (χ4n) is 3.68. The molecule has 2 nitrogen and oxygen atoms in total. The highest BCUT2D eigenvalue weighted by atomic mass is 16.1. The van der Waals surface area contributed by atoms with E-state index in [1.165, 1.54) is 0 Å². The summed E-state index contributed by atoms with van der Waals surface area (Å²) in [4.78, 5) is 13.0. The molecule has 0 aliphatic rings. The van der Waals surface area contributed by atoms with Crippen LogP contribution < -0.4 is 5.32 Å². The summed E-state index contributed by atoms with van der Waals surface area (Å²) in [6, 6.07) is 34.4. The SMILES string of the molecule is CC(C)c1cc(-c2ccccc2)cc(-c2ccccc2)c1NC(=O)c1ccccc1. The molecule has 0 aromatic heterocycles. The Kier molecular flexibility index (Phi) is 5.76. The minimum absolute atomic E-state index is 0.0952. The highest BCUT2D eigenvalue weighted by Gasteiger charge is 2.18. The molecule has 0 saturated heterocycles. The number of carbonyl (C=O) groups excluding carboxylic acids is 1. The van der Waals surface area contributed by atoms with Crippen molar-refractivity contribution in [2.45, 2.75) is 19.8 Å². The third kappa shape index (κ3) is 4.18. The summed E-state index contributed by atoms with van der Waals surface area (Å²) in [6.45, 7) is 4.33. The number of nitrogens with one attached hydrogen (secondary N) is 1. The molecule has 1 amide bonds. The van der Waals surface area contributed by atoms with Gasteiger partial charge in [-0.2, -0.15) is 0 Å². The van der Waals surface area contributed by atoms with E-state index in [2.05, 4.69) is 67.7 Å². The molecule has 0 bridgehead atoms. The average Bonchev–Trinajstić information content (AvgIpc) is 2.80. The third-order valence-electron chi connectivity index (χ3n) is 5.26. The van der Waals surface area contributed by atoms with Gasteiger partial charge in [0, 0.05) is 11.1 Å². The maximum absolute atomic E-state index is 13.0. The molecule has 0 aliphatic carbocycles. The molecular weight excluding hydrogens is 366 g/mol. The quantitative estimate of drug-likeness (QED) is 0.377. The van der Waals surface area contributed by atoms with Crippen LogP contribution in [0.15, 0.2) is 103 Å². The van der Waals surface area contributed by atoms with E-state index in [1.807, 2.05) is 54.6 Å². The summed E-state index contributed by atoms with van der Waals surface area (Å²) >= 11 is 0. The van der Waals surface area contributed by atoms with E-state index < -0.39 is 0 Å². The number of anilines is 1. The maximum atomic E-state index is 13.0. The Balaban J connectivity index is 1.89. The molecule has 0 unspecified atom stereocenters. The van der Waals surface area contributed by atoms with E-state index in [1.54, 1.807) is 0 Å².